The van der Waals surface area contributed by atoms with E-state index in [1.807, 2.05) is 54.6 Å². The molecule has 156 valence electrons. The van der Waals surface area contributed by atoms with Gasteiger partial charge in [-0.3, -0.25) is 0 Å². The first-order valence-electron chi connectivity index (χ1n) is 9.86. The van der Waals surface area contributed by atoms with Gasteiger partial charge in [-0.15, -0.1) is 0 Å². The van der Waals surface area contributed by atoms with Crippen LogP contribution in [0.25, 0.3) is 11.1 Å². The maximum Gasteiger partial charge on any atom is 0.150 e. The van der Waals surface area contributed by atoms with Crippen LogP contribution in [-0.4, -0.2) is 32.1 Å². The molecular weight excluding hydrogens is 396 g/mol. The van der Waals surface area contributed by atoms with E-state index in [2.05, 4.69) is 19.1 Å². The number of hydrogen-bond acceptors (Lipinski definition) is 4. The van der Waals surface area contributed by atoms with Gasteiger partial charge in [0, 0.05) is 6.26 Å². The first-order chi connectivity index (χ1) is 14.4. The third-order valence-corrected chi connectivity index (χ3v) is 5.71. The van der Waals surface area contributed by atoms with Crippen molar-refractivity contribution in [3.8, 4) is 11.5 Å². The molecule has 0 atom stereocenters. The van der Waals surface area contributed by atoms with E-state index in [1.165, 1.54) is 11.8 Å². The van der Waals surface area contributed by atoms with E-state index in [-0.39, 0.29) is 18.1 Å². The van der Waals surface area contributed by atoms with Crippen LogP contribution in [-0.2, 0) is 9.84 Å². The van der Waals surface area contributed by atoms with Gasteiger partial charge in [-0.1, -0.05) is 61.5 Å². The highest BCUT2D eigenvalue weighted by Crippen LogP contribution is 2.35. The molecule has 0 radical (unpaired) electrons. The topological polar surface area (TPSA) is 63.6 Å². The summed E-state index contributed by atoms with van der Waals surface area (Å²) >= 11 is 0. The highest BCUT2D eigenvalue weighted by atomic mass is 32.2. The van der Waals surface area contributed by atoms with Crippen molar-refractivity contribution in [1.82, 2.24) is 0 Å². The Balaban J connectivity index is 2.00. The van der Waals surface area contributed by atoms with Crippen LogP contribution in [0.4, 0.5) is 0 Å². The number of ether oxygens (including phenoxy) is 1. The van der Waals surface area contributed by atoms with Crippen LogP contribution in [0.5, 0.6) is 11.5 Å². The summed E-state index contributed by atoms with van der Waals surface area (Å²) in [6, 6.07) is 25.1. The lowest BCUT2D eigenvalue weighted by Gasteiger charge is -2.17. The van der Waals surface area contributed by atoms with E-state index >= 15 is 0 Å². The van der Waals surface area contributed by atoms with Crippen LogP contribution >= 0.6 is 0 Å². The number of phenolic OH excluding ortho intramolecular Hbond substituents is 1. The normalized spacial score (nSPS) is 12.3. The number of benzene rings is 3. The lowest BCUT2D eigenvalue weighted by atomic mass is 9.88. The van der Waals surface area contributed by atoms with E-state index in [4.69, 9.17) is 4.74 Å². The molecule has 0 spiro atoms. The largest absolute Gasteiger partial charge is 0.508 e. The molecule has 3 aromatic carbocycles. The van der Waals surface area contributed by atoms with Crippen LogP contribution < -0.4 is 4.74 Å². The van der Waals surface area contributed by atoms with Crippen molar-refractivity contribution in [2.75, 3.05) is 18.6 Å². The Bertz CT molecular complexity index is 1100. The highest BCUT2D eigenvalue weighted by Gasteiger charge is 2.13. The molecule has 0 fully saturated rings. The van der Waals surface area contributed by atoms with E-state index in [9.17, 15) is 13.5 Å². The van der Waals surface area contributed by atoms with Crippen LogP contribution in [0.15, 0.2) is 78.9 Å². The second-order valence-corrected chi connectivity index (χ2v) is 9.38. The summed E-state index contributed by atoms with van der Waals surface area (Å²) in [4.78, 5) is 0. The maximum atomic E-state index is 11.3. The third kappa shape index (κ3) is 5.74. The van der Waals surface area contributed by atoms with Crippen LogP contribution in [0, 0.1) is 0 Å². The number of phenols is 1. The van der Waals surface area contributed by atoms with Crippen molar-refractivity contribution in [2.24, 2.45) is 0 Å². The lowest BCUT2D eigenvalue weighted by molar-refractivity contribution is 0.341. The van der Waals surface area contributed by atoms with Crippen molar-refractivity contribution < 1.29 is 18.3 Å². The molecule has 1 N–H and O–H groups in total. The van der Waals surface area contributed by atoms with Crippen molar-refractivity contribution in [3.63, 3.8) is 0 Å². The second kappa shape index (κ2) is 9.63. The highest BCUT2D eigenvalue weighted by molar-refractivity contribution is 7.90. The number of sulfone groups is 1. The average molecular weight is 423 g/mol. The summed E-state index contributed by atoms with van der Waals surface area (Å²) in [6.07, 6.45) is 2.04. The Morgan fingerprint density at radius 3 is 1.93 bits per heavy atom. The molecule has 3 aromatic rings. The molecule has 0 amide bonds. The lowest BCUT2D eigenvalue weighted by Crippen LogP contribution is -2.12. The Hall–Kier alpha value is -3.05. The summed E-state index contributed by atoms with van der Waals surface area (Å²) in [5, 5.41) is 9.72. The Morgan fingerprint density at radius 2 is 1.40 bits per heavy atom. The third-order valence-electron chi connectivity index (χ3n) is 4.80. The number of aromatic hydroxyl groups is 1. The fraction of sp³-hybridized carbons (Fsp3) is 0.200. The van der Waals surface area contributed by atoms with E-state index in [0.717, 1.165) is 28.7 Å². The first-order valence-corrected chi connectivity index (χ1v) is 11.9. The zero-order valence-electron chi connectivity index (χ0n) is 17.2. The van der Waals surface area contributed by atoms with E-state index in [1.54, 1.807) is 12.1 Å². The van der Waals surface area contributed by atoms with Gasteiger partial charge in [-0.25, -0.2) is 8.42 Å². The maximum absolute atomic E-state index is 11.3. The summed E-state index contributed by atoms with van der Waals surface area (Å²) < 4.78 is 28.2. The minimum absolute atomic E-state index is 0.0125. The summed E-state index contributed by atoms with van der Waals surface area (Å²) in [7, 11) is -3.05. The van der Waals surface area contributed by atoms with Gasteiger partial charge in [0.25, 0.3) is 0 Å². The predicted molar refractivity (Wildman–Crippen MR) is 122 cm³/mol. The molecule has 0 aliphatic rings. The smallest absolute Gasteiger partial charge is 0.150 e. The van der Waals surface area contributed by atoms with Crippen LogP contribution in [0.3, 0.4) is 0 Å². The molecule has 0 unspecified atom stereocenters. The molecule has 0 saturated carbocycles. The van der Waals surface area contributed by atoms with Gasteiger partial charge in [0.1, 0.15) is 18.1 Å². The van der Waals surface area contributed by atoms with Gasteiger partial charge < -0.3 is 9.84 Å². The average Bonchev–Trinajstić information content (AvgIpc) is 2.73. The molecule has 5 heteroatoms. The minimum atomic E-state index is -3.05. The summed E-state index contributed by atoms with van der Waals surface area (Å²) in [6.45, 7) is 2.26. The standard InChI is InChI=1S/C25H26O4S/c1-3-24(19-7-5-4-6-8-19)25(20-9-13-22(26)14-10-20)21-11-15-23(16-12-21)29-17-18-30(2,27)28/h4-16,26H,3,17-18H2,1-2H3/b25-24+. The predicted octanol–water partition coefficient (Wildman–Crippen LogP) is 5.18. The van der Waals surface area contributed by atoms with Gasteiger partial charge in [-0.2, -0.15) is 0 Å². The van der Waals surface area contributed by atoms with E-state index in [0.29, 0.717) is 5.75 Å². The number of allylic oxidation sites excluding steroid dienone is 1. The quantitative estimate of drug-likeness (QED) is 0.508. The van der Waals surface area contributed by atoms with Crippen molar-refractivity contribution >= 4 is 21.0 Å². The van der Waals surface area contributed by atoms with Gasteiger partial charge in [-0.05, 0) is 58.5 Å². The molecule has 0 heterocycles. The molecule has 0 saturated heterocycles. The fourth-order valence-corrected chi connectivity index (χ4v) is 3.72. The fourth-order valence-electron chi connectivity index (χ4n) is 3.34. The van der Waals surface area contributed by atoms with Gasteiger partial charge in [0.15, 0.2) is 9.84 Å². The second-order valence-electron chi connectivity index (χ2n) is 7.12. The molecule has 4 nitrogen and oxygen atoms in total. The number of hydrogen-bond donors (Lipinski definition) is 1. The molecule has 0 bridgehead atoms. The Kier molecular flexibility index (Phi) is 6.95. The number of rotatable bonds is 8. The molecule has 3 rings (SSSR count). The first kappa shape index (κ1) is 21.7. The molecule has 0 aromatic heterocycles. The van der Waals surface area contributed by atoms with E-state index < -0.39 is 9.84 Å². The van der Waals surface area contributed by atoms with Crippen LogP contribution in [0.1, 0.15) is 30.0 Å². The Labute approximate surface area is 178 Å². The van der Waals surface area contributed by atoms with Crippen LogP contribution in [0.2, 0.25) is 0 Å². The van der Waals surface area contributed by atoms with Crippen molar-refractivity contribution in [2.45, 2.75) is 13.3 Å². The van der Waals surface area contributed by atoms with Gasteiger partial charge >= 0.3 is 0 Å². The monoisotopic (exact) mass is 422 g/mol. The zero-order valence-corrected chi connectivity index (χ0v) is 18.0. The summed E-state index contributed by atoms with van der Waals surface area (Å²) in [5.74, 6) is 0.845. The summed E-state index contributed by atoms with van der Waals surface area (Å²) in [5.41, 5.74) is 5.48. The molecule has 30 heavy (non-hydrogen) atoms. The van der Waals surface area contributed by atoms with Crippen molar-refractivity contribution in [3.05, 3.63) is 95.6 Å². The molecule has 0 aliphatic heterocycles. The molecule has 0 aliphatic carbocycles. The van der Waals surface area contributed by atoms with Crippen molar-refractivity contribution in [1.29, 1.82) is 0 Å². The van der Waals surface area contributed by atoms with Gasteiger partial charge in [0.2, 0.25) is 0 Å². The minimum Gasteiger partial charge on any atom is -0.508 e. The molecular formula is C25H26O4S. The van der Waals surface area contributed by atoms with Gasteiger partial charge in [0.05, 0.1) is 5.75 Å². The Morgan fingerprint density at radius 1 is 0.833 bits per heavy atom. The zero-order chi connectivity index (χ0) is 21.6. The SMILES string of the molecule is CC/C(=C(/c1ccc(O)cc1)c1ccc(OCCS(C)(=O)=O)cc1)c1ccccc1.